The number of rotatable bonds is 23. The molecule has 0 aromatic heterocycles. The summed E-state index contributed by atoms with van der Waals surface area (Å²) < 4.78 is 0. The summed E-state index contributed by atoms with van der Waals surface area (Å²) in [4.78, 5) is 47.6. The Morgan fingerprint density at radius 3 is 0.810 bits per heavy atom. The van der Waals surface area contributed by atoms with Gasteiger partial charge in [0, 0.05) is 50.9 Å². The van der Waals surface area contributed by atoms with Crippen molar-refractivity contribution in [1.29, 1.82) is 0 Å². The number of fused-ring (bicyclic) bond motifs is 15. The molecule has 12 nitrogen and oxygen atoms in total. The predicted molar refractivity (Wildman–Crippen MR) is 615 cm³/mol. The molecule has 30 unspecified atom stereocenters. The molecule has 15 saturated carbocycles. The van der Waals surface area contributed by atoms with Crippen LogP contribution in [0.5, 0.6) is 0 Å². The quantitative estimate of drug-likeness (QED) is 0.0447. The molecule has 0 amide bonds. The number of aliphatic hydroxyl groups is 8. The Balaban J connectivity index is 0.000000181. The molecule has 15 rings (SSSR count). The molecule has 15 fully saturated rings. The van der Waals surface area contributed by atoms with E-state index in [0.717, 1.165) is 185 Å². The van der Waals surface area contributed by atoms with Gasteiger partial charge in [-0.3, -0.25) is 19.2 Å². The Morgan fingerprint density at radius 2 is 0.517 bits per heavy atom. The maximum Gasteiger partial charge on any atom is 0.135 e. The van der Waals surface area contributed by atoms with Crippen LogP contribution in [-0.4, -0.2) is 113 Å². The fourth-order valence-electron chi connectivity index (χ4n) is 37.5. The molecule has 0 radical (unpaired) electrons. The fourth-order valence-corrected chi connectivity index (χ4v) is 37.5. The van der Waals surface area contributed by atoms with E-state index in [1.807, 2.05) is 6.92 Å². The van der Waals surface area contributed by atoms with Crippen molar-refractivity contribution in [3.05, 3.63) is 0 Å². The van der Waals surface area contributed by atoms with E-state index >= 15 is 0 Å². The van der Waals surface area contributed by atoms with Crippen LogP contribution in [-0.2, 0) is 19.2 Å². The second kappa shape index (κ2) is 64.0. The number of hydrogen-bond acceptors (Lipinski definition) is 12. The molecule has 0 aliphatic heterocycles. The Morgan fingerprint density at radius 1 is 0.259 bits per heavy atom. The molecule has 15 aliphatic rings. The zero-order valence-electron chi connectivity index (χ0n) is 99.4. The van der Waals surface area contributed by atoms with Crippen LogP contribution in [0.3, 0.4) is 0 Å². The maximum atomic E-state index is 12.6. The molecule has 0 aromatic rings. The van der Waals surface area contributed by atoms with Gasteiger partial charge in [-0.2, -0.15) is 0 Å². The first-order chi connectivity index (χ1) is 70.5. The van der Waals surface area contributed by atoms with Crippen molar-refractivity contribution < 1.29 is 60.0 Å². The van der Waals surface area contributed by atoms with Gasteiger partial charge in [0.2, 0.25) is 0 Å². The minimum absolute atomic E-state index is 0.0153. The van der Waals surface area contributed by atoms with Crippen molar-refractivity contribution in [2.75, 3.05) is 0 Å². The normalized spacial score (nSPS) is 39.7. The highest BCUT2D eigenvalue weighted by Gasteiger charge is 2.70. The van der Waals surface area contributed by atoms with E-state index in [0.29, 0.717) is 154 Å². The summed E-state index contributed by atoms with van der Waals surface area (Å²) in [5.74, 6) is 13.6. The van der Waals surface area contributed by atoms with Crippen LogP contribution in [0.1, 0.15) is 618 Å². The summed E-state index contributed by atoms with van der Waals surface area (Å²) in [6, 6.07) is 0. The number of hydrogen-bond donors (Lipinski definition) is 8. The molecule has 856 valence electrons. The minimum atomic E-state index is -0.254. The van der Waals surface area contributed by atoms with E-state index in [4.69, 9.17) is 0 Å². The molecule has 0 heterocycles. The number of carbonyl (C=O) groups is 4. The van der Waals surface area contributed by atoms with Gasteiger partial charge < -0.3 is 40.9 Å². The summed E-state index contributed by atoms with van der Waals surface area (Å²) in [6.45, 7) is 36.8. The van der Waals surface area contributed by atoms with E-state index < -0.39 is 0 Å². The molecule has 0 saturated heterocycles. The summed E-state index contributed by atoms with van der Waals surface area (Å²) in [7, 11) is 0. The van der Waals surface area contributed by atoms with Crippen LogP contribution in [0.4, 0.5) is 0 Å². The lowest BCUT2D eigenvalue weighted by Crippen LogP contribution is -2.62. The van der Waals surface area contributed by atoms with Gasteiger partial charge in [0.25, 0.3) is 0 Å². The van der Waals surface area contributed by atoms with Gasteiger partial charge in [0.15, 0.2) is 0 Å². The number of carbonyl (C=O) groups excluding carboxylic acids is 4. The van der Waals surface area contributed by atoms with Crippen LogP contribution < -0.4 is 0 Å². The van der Waals surface area contributed by atoms with E-state index in [2.05, 4.69) is 104 Å². The highest BCUT2D eigenvalue weighted by atomic mass is 16.3. The first-order valence-corrected chi connectivity index (χ1v) is 66.0. The molecule has 0 aromatic carbocycles. The van der Waals surface area contributed by atoms with Gasteiger partial charge in [0.05, 0.1) is 48.8 Å². The number of Topliss-reactive ketones (excluding diaryl/α,β-unsaturated/α-hetero) is 4. The van der Waals surface area contributed by atoms with E-state index in [-0.39, 0.29) is 81.8 Å². The molecule has 15 aliphatic carbocycles. The van der Waals surface area contributed by atoms with Crippen molar-refractivity contribution in [1.82, 2.24) is 0 Å². The van der Waals surface area contributed by atoms with Crippen LogP contribution >= 0.6 is 0 Å². The van der Waals surface area contributed by atoms with Crippen molar-refractivity contribution in [2.45, 2.75) is 667 Å². The topological polar surface area (TPSA) is 230 Å². The smallest absolute Gasteiger partial charge is 0.135 e. The predicted octanol–water partition coefficient (Wildman–Crippen LogP) is 34.9. The zero-order valence-corrected chi connectivity index (χ0v) is 99.4. The minimum Gasteiger partial charge on any atom is -0.393 e. The Hall–Kier alpha value is -1.64. The van der Waals surface area contributed by atoms with Crippen LogP contribution in [0.25, 0.3) is 0 Å². The van der Waals surface area contributed by atoms with E-state index in [1.54, 1.807) is 0 Å². The lowest BCUT2D eigenvalue weighted by molar-refractivity contribution is -0.206. The lowest BCUT2D eigenvalue weighted by Gasteiger charge is -2.63. The van der Waals surface area contributed by atoms with Gasteiger partial charge in [-0.15, -0.1) is 0 Å². The molecule has 0 spiro atoms. The fraction of sp³-hybridized carbons (Fsp3) is 0.970. The molecule has 147 heavy (non-hydrogen) atoms. The zero-order chi connectivity index (χ0) is 106. The summed E-state index contributed by atoms with van der Waals surface area (Å²) >= 11 is 0. The second-order valence-corrected chi connectivity index (χ2v) is 57.0. The van der Waals surface area contributed by atoms with Gasteiger partial charge in [-0.05, 0) is 337 Å². The first kappa shape index (κ1) is 127. The highest BCUT2D eigenvalue weighted by molar-refractivity contribution is 5.82. The average molecular weight is 2060 g/mol. The van der Waals surface area contributed by atoms with Crippen molar-refractivity contribution in [2.24, 2.45) is 163 Å². The van der Waals surface area contributed by atoms with Gasteiger partial charge in [-0.25, -0.2) is 0 Å². The van der Waals surface area contributed by atoms with Gasteiger partial charge >= 0.3 is 0 Å². The van der Waals surface area contributed by atoms with E-state index in [1.165, 1.54) is 321 Å². The number of ketones is 4. The van der Waals surface area contributed by atoms with Gasteiger partial charge in [-0.1, -0.05) is 393 Å². The average Bonchev–Trinajstić information content (AvgIpc) is 1.63. The maximum absolute atomic E-state index is 12.6. The van der Waals surface area contributed by atoms with Crippen LogP contribution in [0.15, 0.2) is 0 Å². The third-order valence-electron chi connectivity index (χ3n) is 46.3. The summed E-state index contributed by atoms with van der Waals surface area (Å²) in [5.41, 5.74) is 0.653. The SMILES string of the molecule is CC(C)C1CCC2C3C(O)CC4CC(O)CCC4(C)C3CC(O)C12C.CC(C)C1CCC2C3C(O)CC4CC(O)CCC4(C)C3CC(O)C12C.CC1CCC2(C)C(C1)CC(O)C1C2CC(O)C2(C)C(C(C)C)CCC12.CCCC(=O)CCCC(=O)C1CCCCCCCCCCCCCC1.CCCC(=O)CCCC1CCCCCCCCCCCCCC1.CCCC(=O)CCCCC1CCCCCCCCCCCCCC1. The van der Waals surface area contributed by atoms with Crippen LogP contribution in [0, 0.1) is 163 Å². The summed E-state index contributed by atoms with van der Waals surface area (Å²) in [5, 5.41) is 87.8. The standard InChI is InChI=1S/C23H40O2.C23H42O2.C23H44O.2C22H38O3.C22H42O/c1-13(2)16-6-7-17-21-18(12-20(25)23(16,17)5)22(4)9-8-14(3)10-15(22)11-19(21)24;1-2-16-22(24)19-15-20-23(25)21-17-13-11-9-7-5-3-4-6-8-10-12-14-18-21;1-2-17-23(24)21-16-15-20-22-18-13-11-9-7-5-3-4-6-8-10-12-14-19-22;2*1-12(2)15-5-6-16-20-17(11-19(25)22(15,16)4)21(3)8-7-14(23)9-13(21)10-18(20)24;1-2-16-22(23)20-15-19-21-17-13-11-9-7-5-3-4-6-8-10-12-14-18-21/h13-21,24-25H,6-12H2,1-5H3;21H,2-20H2,1H3;22H,2-21H2,1H3;2*12-20,23-25H,5-11H2,1-4H3;21H,2-20H2,1H3. The Kier molecular flexibility index (Phi) is 55.3. The largest absolute Gasteiger partial charge is 0.393 e. The second-order valence-electron chi connectivity index (χ2n) is 57.0. The molecular formula is C135H244O12. The third kappa shape index (κ3) is 35.2. The monoisotopic (exact) mass is 2060 g/mol. The highest BCUT2D eigenvalue weighted by Crippen LogP contribution is 2.73. The van der Waals surface area contributed by atoms with Crippen molar-refractivity contribution >= 4 is 23.1 Å². The first-order valence-electron chi connectivity index (χ1n) is 66.0. The Labute approximate surface area is 907 Å². The molecule has 12 heteroatoms. The number of aliphatic hydroxyl groups excluding tert-OH is 8. The Bertz CT molecular complexity index is 3360. The van der Waals surface area contributed by atoms with Crippen molar-refractivity contribution in [3.63, 3.8) is 0 Å². The number of unbranched alkanes of at least 4 members (excludes halogenated alkanes) is 1. The van der Waals surface area contributed by atoms with E-state index in [9.17, 15) is 60.0 Å². The lowest BCUT2D eigenvalue weighted by atomic mass is 9.42. The molecule has 30 atom stereocenters. The third-order valence-corrected chi connectivity index (χ3v) is 46.3. The van der Waals surface area contributed by atoms with Gasteiger partial charge in [0.1, 0.15) is 23.1 Å². The van der Waals surface area contributed by atoms with Crippen LogP contribution in [0.2, 0.25) is 0 Å². The molecule has 8 N–H and O–H groups in total. The van der Waals surface area contributed by atoms with Crippen molar-refractivity contribution in [3.8, 4) is 0 Å². The summed E-state index contributed by atoms with van der Waals surface area (Å²) in [6.07, 6.45) is 94.2. The molecule has 0 bridgehead atoms. The molecular weight excluding hydrogens is 1810 g/mol.